The molecule has 2 aromatic carbocycles. The van der Waals surface area contributed by atoms with Crippen molar-refractivity contribution in [1.82, 2.24) is 5.32 Å². The van der Waals surface area contributed by atoms with Crippen molar-refractivity contribution < 1.29 is 4.79 Å². The summed E-state index contributed by atoms with van der Waals surface area (Å²) in [6.45, 7) is 5.26. The number of hydrogen-bond acceptors (Lipinski definition) is 2. The maximum Gasteiger partial charge on any atom is 0.224 e. The van der Waals surface area contributed by atoms with E-state index in [9.17, 15) is 4.79 Å². The van der Waals surface area contributed by atoms with Gasteiger partial charge in [-0.3, -0.25) is 4.79 Å². The third-order valence-electron chi connectivity index (χ3n) is 3.80. The second kappa shape index (κ2) is 10.2. The molecule has 0 radical (unpaired) electrons. The van der Waals surface area contributed by atoms with Gasteiger partial charge in [-0.2, -0.15) is 0 Å². The van der Waals surface area contributed by atoms with Crippen molar-refractivity contribution in [3.63, 3.8) is 0 Å². The first-order valence-electron chi connectivity index (χ1n) is 8.99. The van der Waals surface area contributed by atoms with Gasteiger partial charge in [-0.1, -0.05) is 56.3 Å². The van der Waals surface area contributed by atoms with Crippen LogP contribution in [0.5, 0.6) is 0 Å². The molecule has 0 bridgehead atoms. The molecule has 2 rings (SSSR count). The van der Waals surface area contributed by atoms with Crippen molar-refractivity contribution in [3.05, 3.63) is 65.7 Å². The summed E-state index contributed by atoms with van der Waals surface area (Å²) in [6, 6.07) is 17.9. The quantitative estimate of drug-likeness (QED) is 0.504. The van der Waals surface area contributed by atoms with E-state index in [0.29, 0.717) is 24.8 Å². The van der Waals surface area contributed by atoms with Crippen LogP contribution in [0.15, 0.2) is 59.6 Å². The van der Waals surface area contributed by atoms with Crippen LogP contribution in [0.3, 0.4) is 0 Å². The van der Waals surface area contributed by atoms with E-state index in [4.69, 9.17) is 5.73 Å². The average molecular weight is 352 g/mol. The molecule has 1 amide bonds. The van der Waals surface area contributed by atoms with Gasteiger partial charge in [0.2, 0.25) is 5.91 Å². The lowest BCUT2D eigenvalue weighted by Crippen LogP contribution is -2.33. The average Bonchev–Trinajstić information content (AvgIpc) is 2.60. The minimum absolute atomic E-state index is 0.0303. The molecule has 0 aliphatic carbocycles. The highest BCUT2D eigenvalue weighted by atomic mass is 16.1. The van der Waals surface area contributed by atoms with E-state index < -0.39 is 0 Å². The van der Waals surface area contributed by atoms with Crippen molar-refractivity contribution in [2.24, 2.45) is 16.6 Å². The number of nitrogens with zero attached hydrogens (tertiary/aromatic N) is 1. The maximum atomic E-state index is 11.9. The number of amides is 1. The van der Waals surface area contributed by atoms with E-state index in [-0.39, 0.29) is 5.91 Å². The largest absolute Gasteiger partial charge is 0.370 e. The Bertz CT molecular complexity index is 726. The molecular weight excluding hydrogens is 324 g/mol. The van der Waals surface area contributed by atoms with Gasteiger partial charge in [0.15, 0.2) is 5.96 Å². The summed E-state index contributed by atoms with van der Waals surface area (Å²) >= 11 is 0. The van der Waals surface area contributed by atoms with Crippen molar-refractivity contribution >= 4 is 17.6 Å². The molecular formula is C21H28N4O. The summed E-state index contributed by atoms with van der Waals surface area (Å²) in [5, 5.41) is 6.05. The molecule has 0 atom stereocenters. The van der Waals surface area contributed by atoms with Crippen LogP contribution in [-0.2, 0) is 17.8 Å². The minimum Gasteiger partial charge on any atom is -0.370 e. The van der Waals surface area contributed by atoms with Crippen LogP contribution in [0.1, 0.15) is 31.4 Å². The molecule has 0 aromatic heterocycles. The Labute approximate surface area is 155 Å². The van der Waals surface area contributed by atoms with Gasteiger partial charge in [-0.25, -0.2) is 4.99 Å². The number of hydrogen-bond donors (Lipinski definition) is 3. The number of carbonyl (C=O) groups excluding carboxylic acids is 1. The maximum absolute atomic E-state index is 11.9. The number of benzene rings is 2. The summed E-state index contributed by atoms with van der Waals surface area (Å²) in [6.07, 6.45) is 1.41. The van der Waals surface area contributed by atoms with Gasteiger partial charge < -0.3 is 16.4 Å². The summed E-state index contributed by atoms with van der Waals surface area (Å²) < 4.78 is 0. The second-order valence-corrected chi connectivity index (χ2v) is 6.71. The first kappa shape index (κ1) is 19.5. The standard InChI is InChI=1S/C21H28N4O/c1-16(2)13-20(26)25-19-10-6-9-18(14-19)15-24-21(22)23-12-11-17-7-4-3-5-8-17/h3-10,14,16H,11-13,15H2,1-2H3,(H,25,26)(H3,22,23,24). The van der Waals surface area contributed by atoms with Gasteiger partial charge in [-0.05, 0) is 35.6 Å². The predicted octanol–water partition coefficient (Wildman–Crippen LogP) is 3.32. The zero-order valence-corrected chi connectivity index (χ0v) is 15.5. The highest BCUT2D eigenvalue weighted by Gasteiger charge is 2.05. The molecule has 0 heterocycles. The van der Waals surface area contributed by atoms with Crippen molar-refractivity contribution in [2.45, 2.75) is 33.2 Å². The highest BCUT2D eigenvalue weighted by Crippen LogP contribution is 2.13. The highest BCUT2D eigenvalue weighted by molar-refractivity contribution is 5.90. The fourth-order valence-electron chi connectivity index (χ4n) is 2.54. The van der Waals surface area contributed by atoms with Gasteiger partial charge in [0.1, 0.15) is 0 Å². The van der Waals surface area contributed by atoms with Crippen molar-refractivity contribution in [1.29, 1.82) is 0 Å². The van der Waals surface area contributed by atoms with E-state index in [1.54, 1.807) is 0 Å². The third kappa shape index (κ3) is 7.38. The molecule has 0 unspecified atom stereocenters. The van der Waals surface area contributed by atoms with E-state index in [1.807, 2.05) is 56.3 Å². The Morgan fingerprint density at radius 2 is 1.81 bits per heavy atom. The first-order valence-corrected chi connectivity index (χ1v) is 8.99. The molecule has 5 nitrogen and oxygen atoms in total. The predicted molar refractivity (Wildman–Crippen MR) is 108 cm³/mol. The molecule has 5 heteroatoms. The molecule has 2 aromatic rings. The number of rotatable bonds is 8. The molecule has 26 heavy (non-hydrogen) atoms. The van der Waals surface area contributed by atoms with Crippen LogP contribution in [0.25, 0.3) is 0 Å². The molecule has 0 saturated heterocycles. The van der Waals surface area contributed by atoms with Crippen molar-refractivity contribution in [2.75, 3.05) is 11.9 Å². The van der Waals surface area contributed by atoms with E-state index in [2.05, 4.69) is 27.8 Å². The molecule has 0 aliphatic rings. The van der Waals surface area contributed by atoms with Gasteiger partial charge in [-0.15, -0.1) is 0 Å². The van der Waals surface area contributed by atoms with E-state index in [0.717, 1.165) is 24.2 Å². The number of aliphatic imine (C=N–C) groups is 1. The van der Waals surface area contributed by atoms with Crippen LogP contribution in [0, 0.1) is 5.92 Å². The fraction of sp³-hybridized carbons (Fsp3) is 0.333. The smallest absolute Gasteiger partial charge is 0.224 e. The minimum atomic E-state index is 0.0303. The molecule has 138 valence electrons. The van der Waals surface area contributed by atoms with E-state index >= 15 is 0 Å². The van der Waals surface area contributed by atoms with Gasteiger partial charge in [0.25, 0.3) is 0 Å². The van der Waals surface area contributed by atoms with Crippen LogP contribution < -0.4 is 16.4 Å². The number of guanidine groups is 1. The zero-order valence-electron chi connectivity index (χ0n) is 15.5. The lowest BCUT2D eigenvalue weighted by Gasteiger charge is -2.09. The van der Waals surface area contributed by atoms with Crippen LogP contribution in [0.4, 0.5) is 5.69 Å². The SMILES string of the molecule is CC(C)CC(=O)Nc1cccc(CN=C(N)NCCc2ccccc2)c1. The Balaban J connectivity index is 1.81. The molecule has 0 aliphatic heterocycles. The van der Waals surface area contributed by atoms with Crippen LogP contribution in [-0.4, -0.2) is 18.4 Å². The summed E-state index contributed by atoms with van der Waals surface area (Å²) in [7, 11) is 0. The summed E-state index contributed by atoms with van der Waals surface area (Å²) in [5.74, 6) is 0.794. The lowest BCUT2D eigenvalue weighted by atomic mass is 10.1. The molecule has 0 fully saturated rings. The Hall–Kier alpha value is -2.82. The van der Waals surface area contributed by atoms with Gasteiger partial charge >= 0.3 is 0 Å². The normalized spacial score (nSPS) is 11.4. The number of carbonyl (C=O) groups is 1. The first-order chi connectivity index (χ1) is 12.5. The Morgan fingerprint density at radius 3 is 2.54 bits per heavy atom. The van der Waals surface area contributed by atoms with E-state index in [1.165, 1.54) is 5.56 Å². The van der Waals surface area contributed by atoms with Crippen LogP contribution >= 0.6 is 0 Å². The molecule has 0 saturated carbocycles. The second-order valence-electron chi connectivity index (χ2n) is 6.71. The van der Waals surface area contributed by atoms with Crippen LogP contribution in [0.2, 0.25) is 0 Å². The molecule has 4 N–H and O–H groups in total. The number of nitrogens with two attached hydrogens (primary N) is 1. The van der Waals surface area contributed by atoms with Gasteiger partial charge in [0, 0.05) is 18.7 Å². The number of anilines is 1. The monoisotopic (exact) mass is 352 g/mol. The lowest BCUT2D eigenvalue weighted by molar-refractivity contribution is -0.116. The third-order valence-corrected chi connectivity index (χ3v) is 3.80. The topological polar surface area (TPSA) is 79.5 Å². The Kier molecular flexibility index (Phi) is 7.68. The Morgan fingerprint density at radius 1 is 1.08 bits per heavy atom. The van der Waals surface area contributed by atoms with Gasteiger partial charge in [0.05, 0.1) is 6.54 Å². The summed E-state index contributed by atoms with van der Waals surface area (Å²) in [4.78, 5) is 16.2. The zero-order chi connectivity index (χ0) is 18.8. The summed E-state index contributed by atoms with van der Waals surface area (Å²) in [5.41, 5.74) is 8.98. The fourth-order valence-corrected chi connectivity index (χ4v) is 2.54. The molecule has 0 spiro atoms. The number of nitrogens with one attached hydrogen (secondary N) is 2. The van der Waals surface area contributed by atoms with Crippen molar-refractivity contribution in [3.8, 4) is 0 Å².